The number of halogens is 1. The SMILES string of the molecule is Cc1cc(C)n(-c2cccc(NC(=O)C3(N)CCOCC3)c2)n1.Cl. The maximum atomic E-state index is 12.5. The van der Waals surface area contributed by atoms with Gasteiger partial charge in [0.1, 0.15) is 5.54 Å². The Bertz CT molecular complexity index is 723. The van der Waals surface area contributed by atoms with Crippen LogP contribution in [0.3, 0.4) is 0 Å². The van der Waals surface area contributed by atoms with Gasteiger partial charge in [0, 0.05) is 24.6 Å². The van der Waals surface area contributed by atoms with E-state index in [9.17, 15) is 4.79 Å². The summed E-state index contributed by atoms with van der Waals surface area (Å²) in [4.78, 5) is 12.5. The Labute approximate surface area is 147 Å². The number of amides is 1. The first kappa shape index (κ1) is 18.4. The van der Waals surface area contributed by atoms with Crippen molar-refractivity contribution in [3.05, 3.63) is 41.7 Å². The van der Waals surface area contributed by atoms with Gasteiger partial charge in [-0.15, -0.1) is 12.4 Å². The van der Waals surface area contributed by atoms with Crippen molar-refractivity contribution in [3.8, 4) is 5.69 Å². The smallest absolute Gasteiger partial charge is 0.244 e. The highest BCUT2D eigenvalue weighted by Gasteiger charge is 2.35. The van der Waals surface area contributed by atoms with Gasteiger partial charge in [-0.2, -0.15) is 5.10 Å². The van der Waals surface area contributed by atoms with Crippen molar-refractivity contribution >= 4 is 24.0 Å². The fraction of sp³-hybridized carbons (Fsp3) is 0.412. The fourth-order valence-corrected chi connectivity index (χ4v) is 2.82. The molecule has 24 heavy (non-hydrogen) atoms. The van der Waals surface area contributed by atoms with Crippen LogP contribution in [0.5, 0.6) is 0 Å². The van der Waals surface area contributed by atoms with Crippen LogP contribution in [0.15, 0.2) is 30.3 Å². The summed E-state index contributed by atoms with van der Waals surface area (Å²) >= 11 is 0. The van der Waals surface area contributed by atoms with Gasteiger partial charge in [0.25, 0.3) is 0 Å². The van der Waals surface area contributed by atoms with Crippen molar-refractivity contribution in [2.75, 3.05) is 18.5 Å². The number of carbonyl (C=O) groups excluding carboxylic acids is 1. The molecule has 0 spiro atoms. The number of nitrogens with one attached hydrogen (secondary N) is 1. The summed E-state index contributed by atoms with van der Waals surface area (Å²) in [6, 6.07) is 9.63. The Hall–Kier alpha value is -1.89. The van der Waals surface area contributed by atoms with Crippen molar-refractivity contribution in [1.82, 2.24) is 9.78 Å². The zero-order valence-electron chi connectivity index (χ0n) is 13.9. The summed E-state index contributed by atoms with van der Waals surface area (Å²) in [5, 5.41) is 7.39. The molecule has 1 fully saturated rings. The van der Waals surface area contributed by atoms with Crippen LogP contribution in [-0.2, 0) is 9.53 Å². The van der Waals surface area contributed by atoms with E-state index < -0.39 is 5.54 Å². The van der Waals surface area contributed by atoms with Crippen LogP contribution in [0.25, 0.3) is 5.69 Å². The van der Waals surface area contributed by atoms with E-state index in [-0.39, 0.29) is 18.3 Å². The Morgan fingerprint density at radius 2 is 2.00 bits per heavy atom. The third-order valence-electron chi connectivity index (χ3n) is 4.20. The molecule has 0 atom stereocenters. The molecule has 1 saturated heterocycles. The molecule has 0 aliphatic carbocycles. The lowest BCUT2D eigenvalue weighted by molar-refractivity contribution is -0.124. The molecular formula is C17H23ClN4O2. The van der Waals surface area contributed by atoms with Crippen molar-refractivity contribution in [2.24, 2.45) is 5.73 Å². The van der Waals surface area contributed by atoms with E-state index in [1.165, 1.54) is 0 Å². The number of nitrogens with two attached hydrogens (primary N) is 1. The number of aromatic nitrogens is 2. The van der Waals surface area contributed by atoms with Gasteiger partial charge in [-0.1, -0.05) is 6.07 Å². The van der Waals surface area contributed by atoms with E-state index in [1.807, 2.05) is 48.9 Å². The number of benzene rings is 1. The van der Waals surface area contributed by atoms with Crippen LogP contribution < -0.4 is 11.1 Å². The molecule has 2 aromatic rings. The number of hydrogen-bond acceptors (Lipinski definition) is 4. The first-order chi connectivity index (χ1) is 11.0. The first-order valence-electron chi connectivity index (χ1n) is 7.80. The summed E-state index contributed by atoms with van der Waals surface area (Å²) < 4.78 is 7.14. The molecule has 130 valence electrons. The molecule has 1 aliphatic rings. The van der Waals surface area contributed by atoms with Gasteiger partial charge >= 0.3 is 0 Å². The molecule has 3 rings (SSSR count). The highest BCUT2D eigenvalue weighted by Crippen LogP contribution is 2.22. The Morgan fingerprint density at radius 3 is 2.62 bits per heavy atom. The van der Waals surface area contributed by atoms with Gasteiger partial charge in [-0.3, -0.25) is 4.79 Å². The van der Waals surface area contributed by atoms with Crippen LogP contribution >= 0.6 is 12.4 Å². The minimum absolute atomic E-state index is 0. The lowest BCUT2D eigenvalue weighted by Gasteiger charge is -2.31. The molecule has 2 heterocycles. The van der Waals surface area contributed by atoms with E-state index in [4.69, 9.17) is 10.5 Å². The van der Waals surface area contributed by atoms with Crippen LogP contribution in [0.2, 0.25) is 0 Å². The summed E-state index contributed by atoms with van der Waals surface area (Å²) in [5.41, 5.74) is 9.00. The zero-order chi connectivity index (χ0) is 16.4. The number of rotatable bonds is 3. The van der Waals surface area contributed by atoms with E-state index in [1.54, 1.807) is 0 Å². The third kappa shape index (κ3) is 3.77. The second-order valence-electron chi connectivity index (χ2n) is 6.11. The van der Waals surface area contributed by atoms with Gasteiger partial charge < -0.3 is 15.8 Å². The molecule has 1 aliphatic heterocycles. The Kier molecular flexibility index (Phi) is 5.64. The van der Waals surface area contributed by atoms with Crippen LogP contribution in [0.4, 0.5) is 5.69 Å². The quantitative estimate of drug-likeness (QED) is 0.890. The van der Waals surface area contributed by atoms with E-state index in [2.05, 4.69) is 10.4 Å². The largest absolute Gasteiger partial charge is 0.381 e. The summed E-state index contributed by atoms with van der Waals surface area (Å²) in [7, 11) is 0. The van der Waals surface area contributed by atoms with Gasteiger partial charge in [-0.05, 0) is 51.0 Å². The van der Waals surface area contributed by atoms with Crippen molar-refractivity contribution < 1.29 is 9.53 Å². The summed E-state index contributed by atoms with van der Waals surface area (Å²) in [6.07, 6.45) is 1.08. The normalized spacial score (nSPS) is 16.3. The average molecular weight is 351 g/mol. The predicted octanol–water partition coefficient (Wildman–Crippen LogP) is 2.36. The monoisotopic (exact) mass is 350 g/mol. The van der Waals surface area contributed by atoms with Crippen molar-refractivity contribution in [3.63, 3.8) is 0 Å². The molecule has 7 heteroatoms. The van der Waals surface area contributed by atoms with Gasteiger partial charge in [-0.25, -0.2) is 4.68 Å². The van der Waals surface area contributed by atoms with Gasteiger partial charge in [0.15, 0.2) is 0 Å². The molecule has 1 aromatic heterocycles. The molecule has 6 nitrogen and oxygen atoms in total. The van der Waals surface area contributed by atoms with Gasteiger partial charge in [0.05, 0.1) is 11.4 Å². The predicted molar refractivity (Wildman–Crippen MR) is 95.9 cm³/mol. The lowest BCUT2D eigenvalue weighted by Crippen LogP contribution is -2.54. The molecular weight excluding hydrogens is 328 g/mol. The molecule has 0 saturated carbocycles. The maximum absolute atomic E-state index is 12.5. The number of hydrogen-bond donors (Lipinski definition) is 2. The van der Waals surface area contributed by atoms with Crippen LogP contribution in [0, 0.1) is 13.8 Å². The van der Waals surface area contributed by atoms with Crippen LogP contribution in [-0.4, -0.2) is 34.4 Å². The fourth-order valence-electron chi connectivity index (χ4n) is 2.82. The molecule has 0 unspecified atom stereocenters. The highest BCUT2D eigenvalue weighted by molar-refractivity contribution is 5.98. The van der Waals surface area contributed by atoms with E-state index >= 15 is 0 Å². The van der Waals surface area contributed by atoms with Crippen LogP contribution in [0.1, 0.15) is 24.2 Å². The van der Waals surface area contributed by atoms with Crippen molar-refractivity contribution in [2.45, 2.75) is 32.2 Å². The minimum Gasteiger partial charge on any atom is -0.381 e. The second kappa shape index (κ2) is 7.34. The zero-order valence-corrected chi connectivity index (χ0v) is 14.7. The number of ether oxygens (including phenoxy) is 1. The topological polar surface area (TPSA) is 82.2 Å². The summed E-state index contributed by atoms with van der Waals surface area (Å²) in [6.45, 7) is 5.01. The first-order valence-corrected chi connectivity index (χ1v) is 7.80. The standard InChI is InChI=1S/C17H22N4O2.ClH/c1-12-10-13(2)21(20-12)15-5-3-4-14(11-15)19-16(22)17(18)6-8-23-9-7-17;/h3-5,10-11H,6-9,18H2,1-2H3,(H,19,22);1H. The number of nitrogens with zero attached hydrogens (tertiary/aromatic N) is 2. The molecule has 0 bridgehead atoms. The van der Waals surface area contributed by atoms with E-state index in [0.29, 0.717) is 26.1 Å². The molecule has 0 radical (unpaired) electrons. The molecule has 1 aromatic carbocycles. The second-order valence-corrected chi connectivity index (χ2v) is 6.11. The third-order valence-corrected chi connectivity index (χ3v) is 4.20. The van der Waals surface area contributed by atoms with Gasteiger partial charge in [0.2, 0.25) is 5.91 Å². The molecule has 3 N–H and O–H groups in total. The minimum atomic E-state index is -0.855. The van der Waals surface area contributed by atoms with Crippen molar-refractivity contribution in [1.29, 1.82) is 0 Å². The maximum Gasteiger partial charge on any atom is 0.244 e. The molecule has 1 amide bonds. The Morgan fingerprint density at radius 1 is 1.29 bits per heavy atom. The highest BCUT2D eigenvalue weighted by atomic mass is 35.5. The number of aryl methyl sites for hydroxylation is 2. The number of carbonyl (C=O) groups is 1. The lowest BCUT2D eigenvalue weighted by atomic mass is 9.90. The number of anilines is 1. The van der Waals surface area contributed by atoms with E-state index in [0.717, 1.165) is 22.8 Å². The summed E-state index contributed by atoms with van der Waals surface area (Å²) in [5.74, 6) is -0.161. The Balaban J connectivity index is 0.00000208. The average Bonchev–Trinajstić information content (AvgIpc) is 2.87.